The molecule has 0 radical (unpaired) electrons. The number of nitrogens with one attached hydrogen (secondary N) is 1. The molecule has 6 nitrogen and oxygen atoms in total. The lowest BCUT2D eigenvalue weighted by Crippen LogP contribution is -2.29. The van der Waals surface area contributed by atoms with E-state index in [1.165, 1.54) is 0 Å². The smallest absolute Gasteiger partial charge is 0.132 e. The van der Waals surface area contributed by atoms with E-state index in [1.54, 1.807) is 12.4 Å². The Morgan fingerprint density at radius 2 is 2.12 bits per heavy atom. The summed E-state index contributed by atoms with van der Waals surface area (Å²) < 4.78 is 1.82. The lowest BCUT2D eigenvalue weighted by atomic mass is 10.1. The first-order valence-corrected chi connectivity index (χ1v) is 9.12. The predicted octanol–water partition coefficient (Wildman–Crippen LogP) is 2.83. The third-order valence-corrected chi connectivity index (χ3v) is 5.16. The van der Waals surface area contributed by atoms with Gasteiger partial charge < -0.3 is 15.5 Å². The Hall–Kier alpha value is -2.15. The van der Waals surface area contributed by atoms with Crippen molar-refractivity contribution >= 4 is 28.3 Å². The van der Waals surface area contributed by atoms with Crippen LogP contribution in [0.15, 0.2) is 42.7 Å². The second kappa shape index (κ2) is 7.23. The van der Waals surface area contributed by atoms with Crippen molar-refractivity contribution in [3.8, 4) is 0 Å². The molecule has 0 bridgehead atoms. The third kappa shape index (κ3) is 3.53. The number of pyridine rings is 1. The van der Waals surface area contributed by atoms with Crippen molar-refractivity contribution in [3.05, 3.63) is 53.3 Å². The van der Waals surface area contributed by atoms with Crippen LogP contribution in [0.4, 0.5) is 5.82 Å². The monoisotopic (exact) mass is 372 g/mol. The van der Waals surface area contributed by atoms with Gasteiger partial charge in [-0.25, -0.2) is 4.98 Å². The van der Waals surface area contributed by atoms with Crippen molar-refractivity contribution in [1.82, 2.24) is 14.8 Å². The molecule has 0 spiro atoms. The third-order valence-electron chi connectivity index (χ3n) is 4.97. The van der Waals surface area contributed by atoms with Gasteiger partial charge in [0.2, 0.25) is 0 Å². The lowest BCUT2D eigenvalue weighted by molar-refractivity contribution is 0.165. The minimum absolute atomic E-state index is 0.0990. The molecule has 3 N–H and O–H groups in total. The molecule has 1 fully saturated rings. The lowest BCUT2D eigenvalue weighted by Gasteiger charge is -2.19. The molecular formula is C19H21ClN4O2. The van der Waals surface area contributed by atoms with Gasteiger partial charge in [0.15, 0.2) is 0 Å². The minimum Gasteiger partial charge on any atom is -0.392 e. The highest BCUT2D eigenvalue weighted by molar-refractivity contribution is 6.30. The summed E-state index contributed by atoms with van der Waals surface area (Å²) in [5.74, 6) is 0.939. The summed E-state index contributed by atoms with van der Waals surface area (Å²) >= 11 is 5.91. The molecule has 3 aromatic rings. The second-order valence-corrected chi connectivity index (χ2v) is 7.32. The average molecular weight is 373 g/mol. The molecule has 2 heterocycles. The Balaban J connectivity index is 1.50. The molecule has 4 rings (SSSR count). The fourth-order valence-corrected chi connectivity index (χ4v) is 3.86. The molecule has 0 aliphatic heterocycles. The highest BCUT2D eigenvalue weighted by Crippen LogP contribution is 2.31. The number of rotatable bonds is 5. The van der Waals surface area contributed by atoms with Crippen LogP contribution in [-0.4, -0.2) is 37.1 Å². The SMILES string of the molecule is OCc1cc2ccccc2nc1N[C@@H]1CC(Cn2cc(Cl)cn2)C[C@H]1O. The quantitative estimate of drug-likeness (QED) is 0.641. The van der Waals surface area contributed by atoms with E-state index in [2.05, 4.69) is 15.4 Å². The maximum absolute atomic E-state index is 10.5. The number of fused-ring (bicyclic) bond motifs is 1. The summed E-state index contributed by atoms with van der Waals surface area (Å²) in [6, 6.07) is 9.64. The number of aliphatic hydroxyl groups is 2. The number of halogens is 1. The zero-order chi connectivity index (χ0) is 18.1. The predicted molar refractivity (Wildman–Crippen MR) is 101 cm³/mol. The molecule has 1 unspecified atom stereocenters. The first kappa shape index (κ1) is 17.3. The molecule has 1 saturated carbocycles. The van der Waals surface area contributed by atoms with Crippen molar-refractivity contribution in [2.24, 2.45) is 5.92 Å². The summed E-state index contributed by atoms with van der Waals surface area (Å²) in [6.07, 6.45) is 4.44. The molecule has 1 aromatic carbocycles. The Morgan fingerprint density at radius 1 is 1.27 bits per heavy atom. The summed E-state index contributed by atoms with van der Waals surface area (Å²) in [7, 11) is 0. The van der Waals surface area contributed by atoms with Gasteiger partial charge in [-0.1, -0.05) is 29.8 Å². The number of nitrogens with zero attached hydrogens (tertiary/aromatic N) is 3. The van der Waals surface area contributed by atoms with Crippen molar-refractivity contribution in [2.45, 2.75) is 38.1 Å². The van der Waals surface area contributed by atoms with Crippen LogP contribution in [0, 0.1) is 5.92 Å². The molecule has 0 saturated heterocycles. The topological polar surface area (TPSA) is 83.2 Å². The van der Waals surface area contributed by atoms with Gasteiger partial charge in [-0.3, -0.25) is 4.68 Å². The summed E-state index contributed by atoms with van der Waals surface area (Å²) in [5.41, 5.74) is 1.60. The molecule has 0 amide bonds. The Kier molecular flexibility index (Phi) is 4.80. The van der Waals surface area contributed by atoms with E-state index in [4.69, 9.17) is 11.6 Å². The normalized spacial score (nSPS) is 22.8. The fourth-order valence-electron chi connectivity index (χ4n) is 3.71. The van der Waals surface area contributed by atoms with Gasteiger partial charge >= 0.3 is 0 Å². The molecule has 26 heavy (non-hydrogen) atoms. The van der Waals surface area contributed by atoms with Gasteiger partial charge in [-0.15, -0.1) is 0 Å². The van der Waals surface area contributed by atoms with Crippen LogP contribution in [0.1, 0.15) is 18.4 Å². The first-order chi connectivity index (χ1) is 12.6. The van der Waals surface area contributed by atoms with E-state index in [0.29, 0.717) is 23.2 Å². The van der Waals surface area contributed by atoms with Crippen LogP contribution >= 0.6 is 11.6 Å². The van der Waals surface area contributed by atoms with Gasteiger partial charge in [-0.2, -0.15) is 5.10 Å². The fraction of sp³-hybridized carbons (Fsp3) is 0.368. The molecular weight excluding hydrogens is 352 g/mol. The molecule has 1 aliphatic carbocycles. The van der Waals surface area contributed by atoms with Gasteiger partial charge in [-0.05, 0) is 30.9 Å². The number of anilines is 1. The summed E-state index contributed by atoms with van der Waals surface area (Å²) in [6.45, 7) is 0.623. The molecule has 1 aliphatic rings. The van der Waals surface area contributed by atoms with Crippen LogP contribution in [0.2, 0.25) is 5.02 Å². The molecule has 2 aromatic heterocycles. The van der Waals surface area contributed by atoms with Crippen LogP contribution < -0.4 is 5.32 Å². The van der Waals surface area contributed by atoms with Crippen molar-refractivity contribution < 1.29 is 10.2 Å². The second-order valence-electron chi connectivity index (χ2n) is 6.88. The highest BCUT2D eigenvalue weighted by atomic mass is 35.5. The van der Waals surface area contributed by atoms with Crippen LogP contribution in [0.25, 0.3) is 10.9 Å². The standard InChI is InChI=1S/C19H21ClN4O2/c20-15-8-21-24(10-15)9-12-5-17(18(26)6-12)23-19-14(11-25)7-13-3-1-2-4-16(13)22-19/h1-4,7-8,10,12,17-18,25-26H,5-6,9,11H2,(H,22,23)/t12?,17-,18-/m1/s1. The first-order valence-electron chi connectivity index (χ1n) is 8.74. The maximum Gasteiger partial charge on any atom is 0.132 e. The largest absolute Gasteiger partial charge is 0.392 e. The number of para-hydroxylation sites is 1. The van der Waals surface area contributed by atoms with E-state index in [1.807, 2.05) is 35.0 Å². The number of aromatic nitrogens is 3. The minimum atomic E-state index is -0.467. The van der Waals surface area contributed by atoms with E-state index in [0.717, 1.165) is 29.4 Å². The van der Waals surface area contributed by atoms with E-state index in [9.17, 15) is 10.2 Å². The van der Waals surface area contributed by atoms with Gasteiger partial charge in [0.1, 0.15) is 5.82 Å². The number of aliphatic hydroxyl groups excluding tert-OH is 2. The Morgan fingerprint density at radius 3 is 2.88 bits per heavy atom. The van der Waals surface area contributed by atoms with Gasteiger partial charge in [0.05, 0.1) is 35.5 Å². The average Bonchev–Trinajstić information content (AvgIpc) is 3.19. The Bertz CT molecular complexity index is 913. The van der Waals surface area contributed by atoms with Gasteiger partial charge in [0, 0.05) is 23.7 Å². The number of hydrogen-bond acceptors (Lipinski definition) is 5. The number of benzene rings is 1. The van der Waals surface area contributed by atoms with Crippen LogP contribution in [0.3, 0.4) is 0 Å². The zero-order valence-electron chi connectivity index (χ0n) is 14.2. The highest BCUT2D eigenvalue weighted by Gasteiger charge is 2.33. The zero-order valence-corrected chi connectivity index (χ0v) is 15.0. The maximum atomic E-state index is 10.5. The Labute approximate surface area is 156 Å². The molecule has 136 valence electrons. The van der Waals surface area contributed by atoms with Crippen molar-refractivity contribution in [3.63, 3.8) is 0 Å². The van der Waals surface area contributed by atoms with Crippen molar-refractivity contribution in [1.29, 1.82) is 0 Å². The van der Waals surface area contributed by atoms with Crippen LogP contribution in [0.5, 0.6) is 0 Å². The van der Waals surface area contributed by atoms with Crippen LogP contribution in [-0.2, 0) is 13.2 Å². The van der Waals surface area contributed by atoms with E-state index >= 15 is 0 Å². The van der Waals surface area contributed by atoms with E-state index < -0.39 is 6.10 Å². The van der Waals surface area contributed by atoms with E-state index in [-0.39, 0.29) is 12.6 Å². The van der Waals surface area contributed by atoms with Crippen molar-refractivity contribution in [2.75, 3.05) is 5.32 Å². The summed E-state index contributed by atoms with van der Waals surface area (Å²) in [5, 5.41) is 29.3. The number of hydrogen-bond donors (Lipinski definition) is 3. The molecule has 3 atom stereocenters. The molecule has 7 heteroatoms. The van der Waals surface area contributed by atoms with Gasteiger partial charge in [0.25, 0.3) is 0 Å². The summed E-state index contributed by atoms with van der Waals surface area (Å²) in [4.78, 5) is 4.64.